The van der Waals surface area contributed by atoms with Crippen molar-refractivity contribution >= 4 is 28.9 Å². The van der Waals surface area contributed by atoms with Gasteiger partial charge in [0.25, 0.3) is 0 Å². The van der Waals surface area contributed by atoms with Gasteiger partial charge in [-0.1, -0.05) is 35.9 Å². The highest BCUT2D eigenvalue weighted by Crippen LogP contribution is 2.49. The largest absolute Gasteiger partial charge is 0.439 e. The maximum atomic E-state index is 12.7. The van der Waals surface area contributed by atoms with Crippen molar-refractivity contribution in [3.05, 3.63) is 88.2 Å². The minimum absolute atomic E-state index is 0.317. The molecule has 0 fully saturated rings. The van der Waals surface area contributed by atoms with E-state index in [1.165, 1.54) is 0 Å². The summed E-state index contributed by atoms with van der Waals surface area (Å²) in [7, 11) is 7.87. The topological polar surface area (TPSA) is 45.7 Å². The van der Waals surface area contributed by atoms with Gasteiger partial charge in [-0.15, -0.1) is 0 Å². The number of anilines is 2. The second kappa shape index (κ2) is 7.08. The lowest BCUT2D eigenvalue weighted by Gasteiger charge is -2.31. The standard InChI is InChI=1S/C23H22ClN3O2/c1-26(2)16-9-7-15(8-10-16)23(18-12-11-17(27(3)4)14-20(18)24)19-6-5-13-25-21(19)22(28)29-23/h5-14H,1-4H3. The number of cyclic esters (lactones) is 1. The van der Waals surface area contributed by atoms with Crippen molar-refractivity contribution in [2.45, 2.75) is 5.60 Å². The van der Waals surface area contributed by atoms with Gasteiger partial charge in [0, 0.05) is 62.5 Å². The molecule has 0 N–H and O–H groups in total. The van der Waals surface area contributed by atoms with E-state index in [0.717, 1.165) is 16.9 Å². The van der Waals surface area contributed by atoms with Crippen LogP contribution in [-0.4, -0.2) is 39.1 Å². The number of fused-ring (bicyclic) bond motifs is 1. The molecule has 0 aliphatic carbocycles. The van der Waals surface area contributed by atoms with Gasteiger partial charge in [-0.05, 0) is 30.3 Å². The summed E-state index contributed by atoms with van der Waals surface area (Å²) in [6.45, 7) is 0. The third-order valence-electron chi connectivity index (χ3n) is 5.26. The first-order chi connectivity index (χ1) is 13.8. The zero-order chi connectivity index (χ0) is 20.8. The van der Waals surface area contributed by atoms with Gasteiger partial charge in [-0.25, -0.2) is 9.78 Å². The number of nitrogens with zero attached hydrogens (tertiary/aromatic N) is 3. The average Bonchev–Trinajstić information content (AvgIpc) is 3.01. The lowest BCUT2D eigenvalue weighted by Crippen LogP contribution is -2.30. The molecule has 1 aliphatic rings. The molecule has 3 aromatic rings. The fourth-order valence-electron chi connectivity index (χ4n) is 3.73. The number of hydrogen-bond donors (Lipinski definition) is 0. The Bertz CT molecular complexity index is 1080. The first-order valence-electron chi connectivity index (χ1n) is 9.28. The molecule has 6 heteroatoms. The van der Waals surface area contributed by atoms with Gasteiger partial charge < -0.3 is 14.5 Å². The Kier molecular flexibility index (Phi) is 4.71. The van der Waals surface area contributed by atoms with Gasteiger partial charge in [0.05, 0.1) is 5.02 Å². The summed E-state index contributed by atoms with van der Waals surface area (Å²) in [5.41, 5.74) is 3.42. The Morgan fingerprint density at radius 2 is 1.55 bits per heavy atom. The fraction of sp³-hybridized carbons (Fsp3) is 0.217. The van der Waals surface area contributed by atoms with Crippen LogP contribution in [0, 0.1) is 0 Å². The van der Waals surface area contributed by atoms with Gasteiger partial charge in [0.15, 0.2) is 11.3 Å². The molecule has 4 rings (SSSR count). The van der Waals surface area contributed by atoms with E-state index in [4.69, 9.17) is 16.3 Å². The molecular weight excluding hydrogens is 386 g/mol. The van der Waals surface area contributed by atoms with E-state index in [1.807, 2.05) is 92.6 Å². The molecule has 29 heavy (non-hydrogen) atoms. The molecule has 0 saturated carbocycles. The predicted octanol–water partition coefficient (Wildman–Crippen LogP) is 4.33. The highest BCUT2D eigenvalue weighted by atomic mass is 35.5. The predicted molar refractivity (Wildman–Crippen MR) is 116 cm³/mol. The van der Waals surface area contributed by atoms with Crippen molar-refractivity contribution in [3.8, 4) is 0 Å². The van der Waals surface area contributed by atoms with Crippen molar-refractivity contribution < 1.29 is 9.53 Å². The SMILES string of the molecule is CN(C)c1ccc(C2(c3ccc(N(C)C)cc3Cl)OC(=O)c3ncccc32)cc1. The summed E-state index contributed by atoms with van der Waals surface area (Å²) in [5.74, 6) is -0.454. The van der Waals surface area contributed by atoms with Crippen molar-refractivity contribution in [2.75, 3.05) is 38.0 Å². The van der Waals surface area contributed by atoms with Crippen LogP contribution < -0.4 is 9.80 Å². The summed E-state index contributed by atoms with van der Waals surface area (Å²) in [6.07, 6.45) is 1.60. The van der Waals surface area contributed by atoms with Crippen molar-refractivity contribution in [1.29, 1.82) is 0 Å². The lowest BCUT2D eigenvalue weighted by atomic mass is 9.80. The molecule has 0 radical (unpaired) electrons. The van der Waals surface area contributed by atoms with Gasteiger partial charge >= 0.3 is 5.97 Å². The van der Waals surface area contributed by atoms with Crippen molar-refractivity contribution in [3.63, 3.8) is 0 Å². The molecular formula is C23H22ClN3O2. The zero-order valence-corrected chi connectivity index (χ0v) is 17.6. The number of carbonyl (C=O) groups is 1. The third kappa shape index (κ3) is 3.02. The van der Waals surface area contributed by atoms with Crippen LogP contribution in [0.1, 0.15) is 27.2 Å². The normalized spacial score (nSPS) is 17.6. The third-order valence-corrected chi connectivity index (χ3v) is 5.58. The maximum absolute atomic E-state index is 12.7. The molecule has 2 heterocycles. The van der Waals surface area contributed by atoms with E-state index >= 15 is 0 Å². The number of esters is 1. The number of benzene rings is 2. The van der Waals surface area contributed by atoms with Crippen LogP contribution in [-0.2, 0) is 10.3 Å². The molecule has 0 saturated heterocycles. The number of hydrogen-bond acceptors (Lipinski definition) is 5. The fourth-order valence-corrected chi connectivity index (χ4v) is 4.03. The smallest absolute Gasteiger partial charge is 0.358 e. The second-order valence-corrected chi connectivity index (χ2v) is 7.88. The van der Waals surface area contributed by atoms with E-state index in [-0.39, 0.29) is 0 Å². The first-order valence-corrected chi connectivity index (χ1v) is 9.66. The van der Waals surface area contributed by atoms with Crippen molar-refractivity contribution in [1.82, 2.24) is 4.98 Å². The van der Waals surface area contributed by atoms with Crippen LogP contribution >= 0.6 is 11.6 Å². The van der Waals surface area contributed by atoms with E-state index in [0.29, 0.717) is 21.8 Å². The van der Waals surface area contributed by atoms with Gasteiger partial charge in [0.1, 0.15) is 0 Å². The number of pyridine rings is 1. The van der Waals surface area contributed by atoms with Crippen LogP contribution in [0.3, 0.4) is 0 Å². The monoisotopic (exact) mass is 407 g/mol. The molecule has 1 unspecified atom stereocenters. The van der Waals surface area contributed by atoms with Gasteiger partial charge in [-0.3, -0.25) is 0 Å². The second-order valence-electron chi connectivity index (χ2n) is 7.47. The number of halogens is 1. The van der Waals surface area contributed by atoms with Gasteiger partial charge in [0.2, 0.25) is 0 Å². The summed E-state index contributed by atoms with van der Waals surface area (Å²) >= 11 is 6.74. The van der Waals surface area contributed by atoms with Crippen molar-refractivity contribution in [2.24, 2.45) is 0 Å². The highest BCUT2D eigenvalue weighted by molar-refractivity contribution is 6.32. The van der Waals surface area contributed by atoms with E-state index in [9.17, 15) is 4.79 Å². The van der Waals surface area contributed by atoms with Crippen LogP contribution in [0.5, 0.6) is 0 Å². The molecule has 1 aliphatic heterocycles. The number of rotatable bonds is 4. The minimum Gasteiger partial charge on any atom is -0.439 e. The number of carbonyl (C=O) groups excluding carboxylic acids is 1. The minimum atomic E-state index is -1.15. The summed E-state index contributed by atoms with van der Waals surface area (Å²) in [6, 6.07) is 17.4. The molecule has 1 atom stereocenters. The van der Waals surface area contributed by atoms with Crippen LogP contribution in [0.15, 0.2) is 60.8 Å². The van der Waals surface area contributed by atoms with E-state index < -0.39 is 11.6 Å². The number of aromatic nitrogens is 1. The molecule has 148 valence electrons. The quantitative estimate of drug-likeness (QED) is 0.602. The molecule has 2 aromatic carbocycles. The zero-order valence-electron chi connectivity index (χ0n) is 16.8. The molecule has 5 nitrogen and oxygen atoms in total. The van der Waals surface area contributed by atoms with Gasteiger partial charge in [-0.2, -0.15) is 0 Å². The van der Waals surface area contributed by atoms with Crippen LogP contribution in [0.25, 0.3) is 0 Å². The Balaban J connectivity index is 1.99. The summed E-state index contributed by atoms with van der Waals surface area (Å²) < 4.78 is 6.06. The summed E-state index contributed by atoms with van der Waals surface area (Å²) in [4.78, 5) is 21.0. The van der Waals surface area contributed by atoms with Crippen LogP contribution in [0.4, 0.5) is 11.4 Å². The molecule has 1 aromatic heterocycles. The Morgan fingerprint density at radius 1 is 0.897 bits per heavy atom. The summed E-state index contributed by atoms with van der Waals surface area (Å²) in [5, 5.41) is 0.525. The Morgan fingerprint density at radius 3 is 2.17 bits per heavy atom. The van der Waals surface area contributed by atoms with E-state index in [1.54, 1.807) is 6.20 Å². The Hall–Kier alpha value is -3.05. The maximum Gasteiger partial charge on any atom is 0.358 e. The first kappa shape index (κ1) is 19.3. The molecule has 0 spiro atoms. The highest BCUT2D eigenvalue weighted by Gasteiger charge is 2.50. The number of ether oxygens (including phenoxy) is 1. The molecule has 0 bridgehead atoms. The van der Waals surface area contributed by atoms with Crippen LogP contribution in [0.2, 0.25) is 5.02 Å². The average molecular weight is 408 g/mol. The van der Waals surface area contributed by atoms with E-state index in [2.05, 4.69) is 4.98 Å². The molecule has 0 amide bonds. The Labute approximate surface area is 175 Å². The lowest BCUT2D eigenvalue weighted by molar-refractivity contribution is 0.0249.